The lowest BCUT2D eigenvalue weighted by atomic mass is 10.1. The van der Waals surface area contributed by atoms with Crippen LogP contribution in [0.2, 0.25) is 0 Å². The zero-order valence-electron chi connectivity index (χ0n) is 13.1. The molecule has 0 aliphatic carbocycles. The van der Waals surface area contributed by atoms with Crippen LogP contribution in [0.4, 0.5) is 0 Å². The number of ether oxygens (including phenoxy) is 2. The number of hydrogen-bond donors (Lipinski definition) is 1. The van der Waals surface area contributed by atoms with Crippen LogP contribution in [0.3, 0.4) is 0 Å². The van der Waals surface area contributed by atoms with Gasteiger partial charge in [-0.2, -0.15) is 0 Å². The average molecular weight is 291 g/mol. The van der Waals surface area contributed by atoms with Crippen molar-refractivity contribution in [1.82, 2.24) is 15.5 Å². The first-order valence-electron chi connectivity index (χ1n) is 6.73. The first-order chi connectivity index (χ1) is 9.94. The molecule has 0 radical (unpaired) electrons. The first-order valence-corrected chi connectivity index (χ1v) is 6.73. The number of para-hydroxylation sites is 1. The largest absolute Gasteiger partial charge is 0.493 e. The second-order valence-corrected chi connectivity index (χ2v) is 5.65. The fourth-order valence-corrected chi connectivity index (χ4v) is 1.83. The van der Waals surface area contributed by atoms with E-state index in [0.29, 0.717) is 35.4 Å². The summed E-state index contributed by atoms with van der Waals surface area (Å²) in [5.41, 5.74) is 0.703. The highest BCUT2D eigenvalue weighted by molar-refractivity contribution is 5.67. The summed E-state index contributed by atoms with van der Waals surface area (Å²) >= 11 is 0. The van der Waals surface area contributed by atoms with Gasteiger partial charge in [-0.25, -0.2) is 0 Å². The molecule has 0 bridgehead atoms. The number of hydrogen-bond acceptors (Lipinski definition) is 6. The van der Waals surface area contributed by atoms with Gasteiger partial charge < -0.3 is 19.2 Å². The summed E-state index contributed by atoms with van der Waals surface area (Å²) in [6, 6.07) is 5.53. The molecule has 0 amide bonds. The number of rotatable bonds is 5. The molecular weight excluding hydrogens is 270 g/mol. The molecule has 6 nitrogen and oxygen atoms in total. The highest BCUT2D eigenvalue weighted by Gasteiger charge is 2.18. The third kappa shape index (κ3) is 3.72. The molecule has 0 unspecified atom stereocenters. The summed E-state index contributed by atoms with van der Waals surface area (Å²) in [4.78, 5) is 0. The van der Waals surface area contributed by atoms with E-state index in [1.165, 1.54) is 0 Å². The molecule has 0 saturated heterocycles. The second-order valence-electron chi connectivity index (χ2n) is 5.65. The molecule has 0 aliphatic heterocycles. The maximum Gasteiger partial charge on any atom is 0.251 e. The van der Waals surface area contributed by atoms with Gasteiger partial charge >= 0.3 is 0 Å². The summed E-state index contributed by atoms with van der Waals surface area (Å²) in [6.45, 7) is 6.75. The number of nitrogens with zero attached hydrogens (tertiary/aromatic N) is 2. The van der Waals surface area contributed by atoms with E-state index < -0.39 is 0 Å². The Bertz CT molecular complexity index is 602. The average Bonchev–Trinajstić information content (AvgIpc) is 2.92. The topological polar surface area (TPSA) is 69.4 Å². The van der Waals surface area contributed by atoms with Crippen LogP contribution in [-0.4, -0.2) is 30.0 Å². The van der Waals surface area contributed by atoms with Crippen molar-refractivity contribution in [3.8, 4) is 23.0 Å². The number of aromatic nitrogens is 2. The molecule has 2 aromatic rings. The van der Waals surface area contributed by atoms with Crippen molar-refractivity contribution in [3.63, 3.8) is 0 Å². The lowest BCUT2D eigenvalue weighted by Gasteiger charge is -2.18. The molecule has 0 spiro atoms. The number of nitrogens with one attached hydrogen (secondary N) is 1. The van der Waals surface area contributed by atoms with E-state index in [1.54, 1.807) is 14.2 Å². The predicted molar refractivity (Wildman–Crippen MR) is 79.4 cm³/mol. The molecule has 1 N–H and O–H groups in total. The van der Waals surface area contributed by atoms with E-state index in [2.05, 4.69) is 36.3 Å². The van der Waals surface area contributed by atoms with Crippen LogP contribution in [0.5, 0.6) is 11.5 Å². The Kier molecular flexibility index (Phi) is 4.47. The summed E-state index contributed by atoms with van der Waals surface area (Å²) in [7, 11) is 3.17. The van der Waals surface area contributed by atoms with Gasteiger partial charge in [0.1, 0.15) is 0 Å². The van der Waals surface area contributed by atoms with Gasteiger partial charge in [0.2, 0.25) is 5.89 Å². The van der Waals surface area contributed by atoms with Crippen molar-refractivity contribution in [2.75, 3.05) is 14.2 Å². The quantitative estimate of drug-likeness (QED) is 0.913. The molecule has 1 heterocycles. The third-order valence-electron chi connectivity index (χ3n) is 2.87. The Hall–Kier alpha value is -2.08. The van der Waals surface area contributed by atoms with Gasteiger partial charge in [-0.15, -0.1) is 10.2 Å². The Morgan fingerprint density at radius 3 is 2.52 bits per heavy atom. The summed E-state index contributed by atoms with van der Waals surface area (Å²) < 4.78 is 16.3. The molecule has 0 aliphatic rings. The normalized spacial score (nSPS) is 11.5. The summed E-state index contributed by atoms with van der Waals surface area (Å²) in [6.07, 6.45) is 0. The van der Waals surface area contributed by atoms with Gasteiger partial charge in [-0.3, -0.25) is 0 Å². The molecule has 1 aromatic heterocycles. The lowest BCUT2D eigenvalue weighted by molar-refractivity contribution is 0.354. The molecule has 0 fully saturated rings. The molecule has 0 saturated carbocycles. The number of methoxy groups -OCH3 is 2. The van der Waals surface area contributed by atoms with Crippen molar-refractivity contribution in [1.29, 1.82) is 0 Å². The van der Waals surface area contributed by atoms with Crippen LogP contribution in [0.25, 0.3) is 11.5 Å². The monoisotopic (exact) mass is 291 g/mol. The van der Waals surface area contributed by atoms with Crippen molar-refractivity contribution in [3.05, 3.63) is 24.1 Å². The van der Waals surface area contributed by atoms with Crippen LogP contribution in [0, 0.1) is 0 Å². The SMILES string of the molecule is COc1cccc(-c2nnc(CNC(C)(C)C)o2)c1OC. The van der Waals surface area contributed by atoms with E-state index in [0.717, 1.165) is 0 Å². The van der Waals surface area contributed by atoms with Gasteiger partial charge in [0.15, 0.2) is 11.5 Å². The minimum Gasteiger partial charge on any atom is -0.493 e. The Morgan fingerprint density at radius 1 is 1.14 bits per heavy atom. The van der Waals surface area contributed by atoms with E-state index in [-0.39, 0.29) is 5.54 Å². The van der Waals surface area contributed by atoms with Crippen LogP contribution in [0.1, 0.15) is 26.7 Å². The molecular formula is C15H21N3O3. The second kappa shape index (κ2) is 6.13. The van der Waals surface area contributed by atoms with E-state index in [1.807, 2.05) is 18.2 Å². The Labute approximate surface area is 124 Å². The maximum absolute atomic E-state index is 5.69. The van der Waals surface area contributed by atoms with E-state index in [9.17, 15) is 0 Å². The van der Waals surface area contributed by atoms with Gasteiger partial charge in [-0.1, -0.05) is 6.07 Å². The van der Waals surface area contributed by atoms with Crippen LogP contribution in [-0.2, 0) is 6.54 Å². The molecule has 1 aromatic carbocycles. The fraction of sp³-hybridized carbons (Fsp3) is 0.467. The lowest BCUT2D eigenvalue weighted by Crippen LogP contribution is -2.35. The van der Waals surface area contributed by atoms with Crippen molar-refractivity contribution in [2.24, 2.45) is 0 Å². The minimum atomic E-state index is -0.0116. The highest BCUT2D eigenvalue weighted by Crippen LogP contribution is 2.36. The van der Waals surface area contributed by atoms with Gasteiger partial charge in [0, 0.05) is 5.54 Å². The zero-order chi connectivity index (χ0) is 15.5. The van der Waals surface area contributed by atoms with Crippen LogP contribution >= 0.6 is 0 Å². The van der Waals surface area contributed by atoms with E-state index >= 15 is 0 Å². The van der Waals surface area contributed by atoms with Crippen molar-refractivity contribution in [2.45, 2.75) is 32.9 Å². The predicted octanol–water partition coefficient (Wildman–Crippen LogP) is 2.64. The zero-order valence-corrected chi connectivity index (χ0v) is 13.1. The molecule has 6 heteroatoms. The Balaban J connectivity index is 2.25. The van der Waals surface area contributed by atoms with Crippen molar-refractivity contribution >= 4 is 0 Å². The van der Waals surface area contributed by atoms with Gasteiger partial charge in [0.05, 0.1) is 26.3 Å². The first kappa shape index (κ1) is 15.3. The Morgan fingerprint density at radius 2 is 1.90 bits per heavy atom. The molecule has 0 atom stereocenters. The maximum atomic E-state index is 5.69. The molecule has 21 heavy (non-hydrogen) atoms. The number of benzene rings is 1. The summed E-state index contributed by atoms with van der Waals surface area (Å²) in [5, 5.41) is 11.4. The summed E-state index contributed by atoms with van der Waals surface area (Å²) in [5.74, 6) is 2.16. The van der Waals surface area contributed by atoms with Crippen LogP contribution < -0.4 is 14.8 Å². The van der Waals surface area contributed by atoms with Gasteiger partial charge in [-0.05, 0) is 32.9 Å². The minimum absolute atomic E-state index is 0.0116. The van der Waals surface area contributed by atoms with Gasteiger partial charge in [0.25, 0.3) is 5.89 Å². The van der Waals surface area contributed by atoms with Crippen molar-refractivity contribution < 1.29 is 13.9 Å². The van der Waals surface area contributed by atoms with Crippen LogP contribution in [0.15, 0.2) is 22.6 Å². The highest BCUT2D eigenvalue weighted by atomic mass is 16.5. The molecule has 114 valence electrons. The fourth-order valence-electron chi connectivity index (χ4n) is 1.83. The molecule has 2 rings (SSSR count). The standard InChI is InChI=1S/C15H21N3O3/c1-15(2,3)16-9-12-17-18-14(21-12)10-7-6-8-11(19-4)13(10)20-5/h6-8,16H,9H2,1-5H3. The third-order valence-corrected chi connectivity index (χ3v) is 2.87. The van der Waals surface area contributed by atoms with E-state index in [4.69, 9.17) is 13.9 Å². The smallest absolute Gasteiger partial charge is 0.251 e.